The van der Waals surface area contributed by atoms with Gasteiger partial charge in [-0.3, -0.25) is 4.98 Å². The molecule has 0 aliphatic carbocycles. The van der Waals surface area contributed by atoms with Crippen molar-refractivity contribution in [2.75, 3.05) is 18.5 Å². The van der Waals surface area contributed by atoms with E-state index in [-0.39, 0.29) is 12.1 Å². The van der Waals surface area contributed by atoms with Gasteiger partial charge in [-0.05, 0) is 31.0 Å². The second-order valence-electron chi connectivity index (χ2n) is 5.77. The third-order valence-electron chi connectivity index (χ3n) is 4.04. The molecule has 0 unspecified atom stereocenters. The molecule has 1 aliphatic rings. The Morgan fingerprint density at radius 2 is 2.09 bits per heavy atom. The van der Waals surface area contributed by atoms with Crippen molar-refractivity contribution in [1.82, 2.24) is 10.3 Å². The number of aromatic nitrogens is 1. The maximum Gasteiger partial charge on any atom is 0.319 e. The first-order valence-electron chi connectivity index (χ1n) is 7.86. The van der Waals surface area contributed by atoms with Gasteiger partial charge in [0.15, 0.2) is 0 Å². The number of anilines is 1. The molecule has 2 N–H and O–H groups in total. The minimum atomic E-state index is -0.214. The van der Waals surface area contributed by atoms with E-state index in [1.165, 1.54) is 5.56 Å². The molecule has 2 aromatic rings. The lowest BCUT2D eigenvalue weighted by atomic mass is 9.95. The summed E-state index contributed by atoms with van der Waals surface area (Å²) in [5, 5.41) is 5.72. The molecular formula is C18H21N3O2. The highest BCUT2D eigenvalue weighted by atomic mass is 16.5. The minimum absolute atomic E-state index is 0.0533. The molecule has 2 amide bonds. The molecule has 120 valence electrons. The smallest absolute Gasteiger partial charge is 0.319 e. The van der Waals surface area contributed by atoms with Gasteiger partial charge in [0, 0.05) is 24.8 Å². The molecule has 1 aliphatic heterocycles. The van der Waals surface area contributed by atoms with Gasteiger partial charge in [0.2, 0.25) is 0 Å². The number of amides is 2. The van der Waals surface area contributed by atoms with Crippen molar-refractivity contribution < 1.29 is 9.53 Å². The molecule has 0 saturated carbocycles. The molecular weight excluding hydrogens is 290 g/mol. The van der Waals surface area contributed by atoms with Crippen LogP contribution in [0.2, 0.25) is 0 Å². The van der Waals surface area contributed by atoms with Crippen molar-refractivity contribution in [1.29, 1.82) is 0 Å². The highest BCUT2D eigenvalue weighted by molar-refractivity contribution is 5.88. The second-order valence-corrected chi connectivity index (χ2v) is 5.77. The number of benzene rings is 1. The summed E-state index contributed by atoms with van der Waals surface area (Å²) in [6.07, 6.45) is 2.66. The van der Waals surface area contributed by atoms with E-state index in [0.717, 1.165) is 18.7 Å². The average molecular weight is 311 g/mol. The summed E-state index contributed by atoms with van der Waals surface area (Å²) < 4.78 is 5.83. The molecule has 1 aromatic heterocycles. The third-order valence-corrected chi connectivity index (χ3v) is 4.04. The Labute approximate surface area is 136 Å². The molecule has 2 heterocycles. The third kappa shape index (κ3) is 4.07. The summed E-state index contributed by atoms with van der Waals surface area (Å²) in [5.41, 5.74) is 2.78. The van der Waals surface area contributed by atoms with Gasteiger partial charge in [0.25, 0.3) is 0 Å². The van der Waals surface area contributed by atoms with Crippen LogP contribution in [0, 0.1) is 12.8 Å². The zero-order valence-electron chi connectivity index (χ0n) is 13.2. The predicted octanol–water partition coefficient (Wildman–Crippen LogP) is 3.29. The highest BCUT2D eigenvalue weighted by Gasteiger charge is 2.29. The number of nitrogens with one attached hydrogen (secondary N) is 2. The van der Waals surface area contributed by atoms with Crippen LogP contribution in [0.25, 0.3) is 0 Å². The van der Waals surface area contributed by atoms with E-state index in [4.69, 9.17) is 4.74 Å². The van der Waals surface area contributed by atoms with Gasteiger partial charge in [0.05, 0.1) is 18.0 Å². The van der Waals surface area contributed by atoms with E-state index >= 15 is 0 Å². The topological polar surface area (TPSA) is 63.2 Å². The fourth-order valence-corrected chi connectivity index (χ4v) is 2.79. The maximum atomic E-state index is 12.0. The lowest BCUT2D eigenvalue weighted by Crippen LogP contribution is -2.34. The fourth-order valence-electron chi connectivity index (χ4n) is 2.79. The van der Waals surface area contributed by atoms with Crippen molar-refractivity contribution in [3.05, 3.63) is 59.9 Å². The van der Waals surface area contributed by atoms with E-state index in [0.29, 0.717) is 18.2 Å². The van der Waals surface area contributed by atoms with E-state index < -0.39 is 0 Å². The SMILES string of the molecule is Cc1ccc(NC(=O)NC[C@H]2CCO[C@@H]2c2ccccc2)cn1. The molecule has 1 saturated heterocycles. The maximum absolute atomic E-state index is 12.0. The number of hydrogen-bond donors (Lipinski definition) is 2. The summed E-state index contributed by atoms with van der Waals surface area (Å²) in [7, 11) is 0. The zero-order valence-corrected chi connectivity index (χ0v) is 13.2. The normalized spacial score (nSPS) is 20.2. The van der Waals surface area contributed by atoms with Gasteiger partial charge in [-0.25, -0.2) is 4.79 Å². The van der Waals surface area contributed by atoms with Gasteiger partial charge >= 0.3 is 6.03 Å². The number of hydrogen-bond acceptors (Lipinski definition) is 3. The van der Waals surface area contributed by atoms with E-state index in [9.17, 15) is 4.79 Å². The minimum Gasteiger partial charge on any atom is -0.373 e. The Hall–Kier alpha value is -2.40. The molecule has 2 atom stereocenters. The molecule has 0 bridgehead atoms. The molecule has 23 heavy (non-hydrogen) atoms. The summed E-state index contributed by atoms with van der Waals surface area (Å²) in [4.78, 5) is 16.2. The van der Waals surface area contributed by atoms with Gasteiger partial charge in [-0.1, -0.05) is 30.3 Å². The van der Waals surface area contributed by atoms with Crippen LogP contribution in [-0.4, -0.2) is 24.2 Å². The Morgan fingerprint density at radius 1 is 1.26 bits per heavy atom. The Kier molecular flexibility index (Phi) is 4.88. The molecule has 5 nitrogen and oxygen atoms in total. The summed E-state index contributed by atoms with van der Waals surface area (Å²) in [6.45, 7) is 3.23. The number of ether oxygens (including phenoxy) is 1. The van der Waals surface area contributed by atoms with Crippen molar-refractivity contribution in [3.63, 3.8) is 0 Å². The van der Waals surface area contributed by atoms with Gasteiger partial charge in [-0.15, -0.1) is 0 Å². The van der Waals surface area contributed by atoms with Crippen LogP contribution in [0.5, 0.6) is 0 Å². The van der Waals surface area contributed by atoms with E-state index in [2.05, 4.69) is 27.8 Å². The fraction of sp³-hybridized carbons (Fsp3) is 0.333. The number of aryl methyl sites for hydroxylation is 1. The molecule has 1 fully saturated rings. The number of carbonyl (C=O) groups is 1. The van der Waals surface area contributed by atoms with Crippen LogP contribution in [0.15, 0.2) is 48.7 Å². The number of pyridine rings is 1. The highest BCUT2D eigenvalue weighted by Crippen LogP contribution is 2.33. The number of rotatable bonds is 4. The second kappa shape index (κ2) is 7.24. The standard InChI is InChI=1S/C18H21N3O2/c1-13-7-8-16(12-19-13)21-18(22)20-11-15-9-10-23-17(15)14-5-3-2-4-6-14/h2-8,12,15,17H,9-11H2,1H3,(H2,20,21,22)/t15-,17-/m1/s1. The summed E-state index contributed by atoms with van der Waals surface area (Å²) >= 11 is 0. The monoisotopic (exact) mass is 311 g/mol. The van der Waals surface area contributed by atoms with Gasteiger partial charge in [0.1, 0.15) is 0 Å². The van der Waals surface area contributed by atoms with E-state index in [1.807, 2.05) is 37.3 Å². The van der Waals surface area contributed by atoms with Crippen LogP contribution < -0.4 is 10.6 Å². The molecule has 5 heteroatoms. The Balaban J connectivity index is 1.53. The van der Waals surface area contributed by atoms with E-state index in [1.54, 1.807) is 6.20 Å². The summed E-state index contributed by atoms with van der Waals surface area (Å²) in [6, 6.07) is 13.7. The van der Waals surface area contributed by atoms with Crippen LogP contribution in [0.1, 0.15) is 23.8 Å². The van der Waals surface area contributed by atoms with Gasteiger partial charge < -0.3 is 15.4 Å². The van der Waals surface area contributed by atoms with Crippen molar-refractivity contribution in [2.45, 2.75) is 19.4 Å². The zero-order chi connectivity index (χ0) is 16.1. The quantitative estimate of drug-likeness (QED) is 0.910. The van der Waals surface area contributed by atoms with Crippen LogP contribution in [-0.2, 0) is 4.74 Å². The first kappa shape index (κ1) is 15.5. The molecule has 0 spiro atoms. The molecule has 1 aromatic carbocycles. The first-order valence-corrected chi connectivity index (χ1v) is 7.86. The number of carbonyl (C=O) groups excluding carboxylic acids is 1. The van der Waals surface area contributed by atoms with Crippen molar-refractivity contribution in [2.24, 2.45) is 5.92 Å². The lowest BCUT2D eigenvalue weighted by molar-refractivity contribution is 0.0911. The predicted molar refractivity (Wildman–Crippen MR) is 89.2 cm³/mol. The summed E-state index contributed by atoms with van der Waals surface area (Å²) in [5.74, 6) is 0.291. The first-order chi connectivity index (χ1) is 11.2. The van der Waals surface area contributed by atoms with Crippen LogP contribution in [0.4, 0.5) is 10.5 Å². The van der Waals surface area contributed by atoms with Gasteiger partial charge in [-0.2, -0.15) is 0 Å². The number of nitrogens with zero attached hydrogens (tertiary/aromatic N) is 1. The number of urea groups is 1. The molecule has 3 rings (SSSR count). The largest absolute Gasteiger partial charge is 0.373 e. The Morgan fingerprint density at radius 3 is 2.83 bits per heavy atom. The van der Waals surface area contributed by atoms with Crippen LogP contribution >= 0.6 is 0 Å². The van der Waals surface area contributed by atoms with Crippen LogP contribution in [0.3, 0.4) is 0 Å². The van der Waals surface area contributed by atoms with Crippen molar-refractivity contribution in [3.8, 4) is 0 Å². The molecule has 0 radical (unpaired) electrons. The Bertz CT molecular complexity index is 643. The average Bonchev–Trinajstić information content (AvgIpc) is 3.04. The van der Waals surface area contributed by atoms with Crippen molar-refractivity contribution >= 4 is 11.7 Å². The lowest BCUT2D eigenvalue weighted by Gasteiger charge is -2.19.